The van der Waals surface area contributed by atoms with Crippen LogP contribution in [-0.4, -0.2) is 9.97 Å². The Hall–Kier alpha value is -1.49. The first-order valence-corrected chi connectivity index (χ1v) is 7.76. The molecule has 0 spiro atoms. The van der Waals surface area contributed by atoms with Crippen LogP contribution in [0, 0.1) is 0 Å². The highest BCUT2D eigenvalue weighted by atomic mass is 35.5. The lowest BCUT2D eigenvalue weighted by molar-refractivity contribution is 1.37. The van der Waals surface area contributed by atoms with E-state index in [1.54, 1.807) is 28.9 Å². The quantitative estimate of drug-likeness (QED) is 0.450. The van der Waals surface area contributed by atoms with Crippen LogP contribution in [0.15, 0.2) is 42.0 Å². The molecule has 4 aromatic heterocycles. The zero-order valence-corrected chi connectivity index (χ0v) is 12.0. The number of rotatable bonds is 1. The molecule has 19 heavy (non-hydrogen) atoms. The van der Waals surface area contributed by atoms with E-state index in [0.29, 0.717) is 5.15 Å². The van der Waals surface area contributed by atoms with Gasteiger partial charge in [-0.1, -0.05) is 11.6 Å². The molecule has 0 bridgehead atoms. The van der Waals surface area contributed by atoms with E-state index in [4.69, 9.17) is 11.6 Å². The lowest BCUT2D eigenvalue weighted by Crippen LogP contribution is -1.75. The third-order valence-corrected chi connectivity index (χ3v) is 5.42. The summed E-state index contributed by atoms with van der Waals surface area (Å²) in [5.41, 5.74) is 1.13. The molecule has 0 N–H and O–H groups in total. The summed E-state index contributed by atoms with van der Waals surface area (Å²) in [5.74, 6) is 0. The number of nitrogens with zero attached hydrogens (tertiary/aromatic N) is 2. The number of pyridine rings is 2. The van der Waals surface area contributed by atoms with Crippen molar-refractivity contribution in [2.75, 3.05) is 0 Å². The summed E-state index contributed by atoms with van der Waals surface area (Å²) in [6.07, 6.45) is 3.66. The standard InChI is InChI=1S/C14H7ClN2S2/c15-13-12-8(1-3-16-13)6-11(19-12)10-5-9-2-4-18-14(9)17-7-10/h1-7H. The number of fused-ring (bicyclic) bond motifs is 2. The Kier molecular flexibility index (Phi) is 2.55. The van der Waals surface area contributed by atoms with Crippen molar-refractivity contribution in [1.82, 2.24) is 9.97 Å². The Bertz CT molecular complexity index is 895. The van der Waals surface area contributed by atoms with Crippen LogP contribution in [0.3, 0.4) is 0 Å². The topological polar surface area (TPSA) is 25.8 Å². The highest BCUT2D eigenvalue weighted by molar-refractivity contribution is 7.22. The molecule has 92 valence electrons. The van der Waals surface area contributed by atoms with Crippen molar-refractivity contribution in [1.29, 1.82) is 0 Å². The normalized spacial score (nSPS) is 11.4. The molecule has 0 radical (unpaired) electrons. The molecule has 0 unspecified atom stereocenters. The first kappa shape index (κ1) is 11.3. The second kappa shape index (κ2) is 4.27. The molecule has 4 heterocycles. The van der Waals surface area contributed by atoms with Crippen LogP contribution in [0.5, 0.6) is 0 Å². The van der Waals surface area contributed by atoms with Crippen molar-refractivity contribution in [3.63, 3.8) is 0 Å². The Morgan fingerprint density at radius 3 is 2.89 bits per heavy atom. The Balaban J connectivity index is 1.95. The molecule has 4 rings (SSSR count). The van der Waals surface area contributed by atoms with Gasteiger partial charge < -0.3 is 0 Å². The fourth-order valence-electron chi connectivity index (χ4n) is 2.07. The molecular formula is C14H7ClN2S2. The monoisotopic (exact) mass is 302 g/mol. The van der Waals surface area contributed by atoms with E-state index in [1.165, 1.54) is 10.3 Å². The zero-order chi connectivity index (χ0) is 12.8. The predicted molar refractivity (Wildman–Crippen MR) is 83.2 cm³/mol. The Morgan fingerprint density at radius 1 is 1.05 bits per heavy atom. The number of halogens is 1. The molecule has 0 fully saturated rings. The summed E-state index contributed by atoms with van der Waals surface area (Å²) in [6, 6.07) is 8.39. The van der Waals surface area contributed by atoms with Gasteiger partial charge in [0.25, 0.3) is 0 Å². The van der Waals surface area contributed by atoms with Crippen LogP contribution in [0.25, 0.3) is 30.7 Å². The van der Waals surface area contributed by atoms with Crippen molar-refractivity contribution in [3.8, 4) is 10.4 Å². The molecule has 0 saturated heterocycles. The first-order chi connectivity index (χ1) is 9.31. The Labute approximate surface area is 122 Å². The van der Waals surface area contributed by atoms with Gasteiger partial charge in [-0.15, -0.1) is 22.7 Å². The van der Waals surface area contributed by atoms with Gasteiger partial charge in [-0.25, -0.2) is 9.97 Å². The molecule has 0 aliphatic heterocycles. The van der Waals surface area contributed by atoms with E-state index in [2.05, 4.69) is 33.5 Å². The number of aromatic nitrogens is 2. The van der Waals surface area contributed by atoms with Crippen molar-refractivity contribution in [2.24, 2.45) is 0 Å². The van der Waals surface area contributed by atoms with Crippen LogP contribution in [0.1, 0.15) is 0 Å². The van der Waals surface area contributed by atoms with Gasteiger partial charge in [0.05, 0.1) is 4.70 Å². The molecule has 5 heteroatoms. The molecular weight excluding hydrogens is 296 g/mol. The van der Waals surface area contributed by atoms with Crippen LogP contribution >= 0.6 is 34.3 Å². The summed E-state index contributed by atoms with van der Waals surface area (Å²) >= 11 is 9.44. The fraction of sp³-hybridized carbons (Fsp3) is 0. The summed E-state index contributed by atoms with van der Waals surface area (Å²) in [6.45, 7) is 0. The summed E-state index contributed by atoms with van der Waals surface area (Å²) in [4.78, 5) is 10.9. The predicted octanol–water partition coefficient (Wildman–Crippen LogP) is 5.23. The molecule has 0 amide bonds. The maximum atomic E-state index is 6.12. The first-order valence-electron chi connectivity index (χ1n) is 5.69. The smallest absolute Gasteiger partial charge is 0.146 e. The van der Waals surface area contributed by atoms with Crippen molar-refractivity contribution in [2.45, 2.75) is 0 Å². The molecule has 0 aliphatic rings. The lowest BCUT2D eigenvalue weighted by Gasteiger charge is -1.96. The number of hydrogen-bond acceptors (Lipinski definition) is 4. The van der Waals surface area contributed by atoms with Crippen LogP contribution in [-0.2, 0) is 0 Å². The maximum absolute atomic E-state index is 6.12. The third kappa shape index (κ3) is 1.84. The van der Waals surface area contributed by atoms with E-state index in [1.807, 2.05) is 12.3 Å². The SMILES string of the molecule is Clc1nccc2cc(-c3cnc4sccc4c3)sc12. The van der Waals surface area contributed by atoms with Gasteiger partial charge in [-0.3, -0.25) is 0 Å². The van der Waals surface area contributed by atoms with E-state index in [0.717, 1.165) is 20.5 Å². The van der Waals surface area contributed by atoms with E-state index >= 15 is 0 Å². The minimum Gasteiger partial charge on any atom is -0.245 e. The second-order valence-electron chi connectivity index (χ2n) is 4.17. The molecule has 0 aliphatic carbocycles. The van der Waals surface area contributed by atoms with Crippen LogP contribution in [0.2, 0.25) is 5.15 Å². The maximum Gasteiger partial charge on any atom is 0.146 e. The molecule has 2 nitrogen and oxygen atoms in total. The van der Waals surface area contributed by atoms with Gasteiger partial charge >= 0.3 is 0 Å². The average Bonchev–Trinajstić information content (AvgIpc) is 3.04. The lowest BCUT2D eigenvalue weighted by atomic mass is 10.2. The van der Waals surface area contributed by atoms with Gasteiger partial charge in [0.15, 0.2) is 0 Å². The highest BCUT2D eigenvalue weighted by Crippen LogP contribution is 2.37. The van der Waals surface area contributed by atoms with Crippen LogP contribution < -0.4 is 0 Å². The summed E-state index contributed by atoms with van der Waals surface area (Å²) < 4.78 is 1.03. The largest absolute Gasteiger partial charge is 0.245 e. The second-order valence-corrected chi connectivity index (χ2v) is 6.47. The van der Waals surface area contributed by atoms with E-state index < -0.39 is 0 Å². The van der Waals surface area contributed by atoms with E-state index in [-0.39, 0.29) is 0 Å². The number of thiophene rings is 2. The van der Waals surface area contributed by atoms with Crippen molar-refractivity contribution >= 4 is 54.6 Å². The van der Waals surface area contributed by atoms with Gasteiger partial charge in [0.1, 0.15) is 9.98 Å². The number of hydrogen-bond donors (Lipinski definition) is 0. The highest BCUT2D eigenvalue weighted by Gasteiger charge is 2.09. The van der Waals surface area contributed by atoms with Gasteiger partial charge in [0.2, 0.25) is 0 Å². The van der Waals surface area contributed by atoms with Crippen molar-refractivity contribution in [3.05, 3.63) is 47.2 Å². The minimum atomic E-state index is 0.568. The summed E-state index contributed by atoms with van der Waals surface area (Å²) in [7, 11) is 0. The fourth-order valence-corrected chi connectivity index (χ4v) is 4.09. The molecule has 0 aromatic carbocycles. The molecule has 0 saturated carbocycles. The molecule has 0 atom stereocenters. The third-order valence-electron chi connectivity index (χ3n) is 2.98. The van der Waals surface area contributed by atoms with Gasteiger partial charge in [-0.05, 0) is 35.0 Å². The Morgan fingerprint density at radius 2 is 2.00 bits per heavy atom. The van der Waals surface area contributed by atoms with Gasteiger partial charge in [0, 0.05) is 28.2 Å². The summed E-state index contributed by atoms with van der Waals surface area (Å²) in [5, 5.41) is 4.94. The zero-order valence-electron chi connectivity index (χ0n) is 9.63. The minimum absolute atomic E-state index is 0.568. The van der Waals surface area contributed by atoms with Gasteiger partial charge in [-0.2, -0.15) is 0 Å². The van der Waals surface area contributed by atoms with Crippen LogP contribution in [0.4, 0.5) is 0 Å². The molecule has 4 aromatic rings. The van der Waals surface area contributed by atoms with E-state index in [9.17, 15) is 0 Å². The average molecular weight is 303 g/mol. The van der Waals surface area contributed by atoms with Crippen molar-refractivity contribution < 1.29 is 0 Å².